The summed E-state index contributed by atoms with van der Waals surface area (Å²) in [4.78, 5) is 40.1. The number of ether oxygens (including phenoxy) is 1. The third kappa shape index (κ3) is 60.6. The van der Waals surface area contributed by atoms with E-state index in [1.54, 1.807) is 0 Å². The lowest BCUT2D eigenvalue weighted by atomic mass is 10.0. The van der Waals surface area contributed by atoms with Crippen LogP contribution in [0.15, 0.2) is 48.6 Å². The van der Waals surface area contributed by atoms with Gasteiger partial charge < -0.3 is 28.5 Å². The molecule has 3 unspecified atom stereocenters. The Kier molecular flexibility index (Phi) is 58.6. The zero-order valence-corrected chi connectivity index (χ0v) is 54.7. The number of rotatable bonds is 63. The number of carbonyl (C=O) groups is 2. The minimum atomic E-state index is -4.70. The number of amides is 1. The normalized spacial score (nSPS) is 13.8. The van der Waals surface area contributed by atoms with Gasteiger partial charge in [0.2, 0.25) is 5.91 Å². The maximum absolute atomic E-state index is 13.6. The van der Waals surface area contributed by atoms with E-state index in [-0.39, 0.29) is 31.5 Å². The average Bonchev–Trinajstić information content (AvgIpc) is 3.43. The summed E-state index contributed by atoms with van der Waals surface area (Å²) in [6.07, 6.45) is 75.1. The second kappa shape index (κ2) is 60.1. The fourth-order valence-electron chi connectivity index (χ4n) is 10.2. The molecule has 3 atom stereocenters. The Labute approximate surface area is 497 Å². The van der Waals surface area contributed by atoms with Crippen molar-refractivity contribution in [2.75, 3.05) is 40.9 Å². The summed E-state index contributed by atoms with van der Waals surface area (Å²) in [5.74, 6) is -0.541. The lowest BCUT2D eigenvalue weighted by molar-refractivity contribution is -0.870. The van der Waals surface area contributed by atoms with Gasteiger partial charge in [-0.1, -0.05) is 301 Å². The topological polar surface area (TPSA) is 114 Å². The summed E-state index contributed by atoms with van der Waals surface area (Å²) >= 11 is 0. The number of allylic oxidation sites excluding steroid dienone is 7. The standard InChI is InChI=1S/C70H133N2O7P/c1-7-10-13-16-19-22-25-28-30-32-34-35-36-37-39-40-42-44-47-50-53-56-59-62-69(73)71-67(66-78-80(75,76)77-65-64-72(4,5)6)68(61-58-55-52-49-46-27-24-21-18-15-12-9-3)79-70(74)63-60-57-54-51-48-45-43-41-38-33-31-29-26-23-20-17-14-11-8-2/h20,23,29,31,38,41,58,61,67-68H,7-19,21-22,24-28,30,32-37,39-40,42-57,59-60,62-66H2,1-6H3,(H-,71,73,75,76)/b23-20-,31-29-,41-38-,61-58+. The van der Waals surface area contributed by atoms with Crippen LogP contribution in [0.1, 0.15) is 335 Å². The van der Waals surface area contributed by atoms with Crippen LogP contribution in [0.4, 0.5) is 0 Å². The molecule has 1 amide bonds. The monoisotopic (exact) mass is 1140 g/mol. The van der Waals surface area contributed by atoms with E-state index in [1.165, 1.54) is 218 Å². The molecule has 0 aliphatic heterocycles. The van der Waals surface area contributed by atoms with Crippen LogP contribution in [0.3, 0.4) is 0 Å². The molecule has 0 aliphatic rings. The van der Waals surface area contributed by atoms with Gasteiger partial charge in [-0.25, -0.2) is 0 Å². The van der Waals surface area contributed by atoms with Gasteiger partial charge in [-0.3, -0.25) is 14.2 Å². The fourth-order valence-corrected chi connectivity index (χ4v) is 10.9. The first-order chi connectivity index (χ1) is 38.9. The number of nitrogens with one attached hydrogen (secondary N) is 1. The van der Waals surface area contributed by atoms with Crippen LogP contribution >= 0.6 is 7.82 Å². The van der Waals surface area contributed by atoms with Crippen molar-refractivity contribution in [2.45, 2.75) is 348 Å². The van der Waals surface area contributed by atoms with Gasteiger partial charge in [-0.15, -0.1) is 0 Å². The zero-order chi connectivity index (χ0) is 58.6. The molecule has 0 aliphatic carbocycles. The molecule has 9 nitrogen and oxygen atoms in total. The smallest absolute Gasteiger partial charge is 0.306 e. The lowest BCUT2D eigenvalue weighted by Gasteiger charge is -2.30. The fraction of sp³-hybridized carbons (Fsp3) is 0.857. The lowest BCUT2D eigenvalue weighted by Crippen LogP contribution is -2.47. The van der Waals surface area contributed by atoms with Crippen molar-refractivity contribution in [2.24, 2.45) is 0 Å². The number of esters is 1. The predicted octanol–water partition coefficient (Wildman–Crippen LogP) is 21.0. The van der Waals surface area contributed by atoms with Gasteiger partial charge in [0.1, 0.15) is 19.3 Å². The van der Waals surface area contributed by atoms with Crippen LogP contribution < -0.4 is 10.2 Å². The molecule has 0 rings (SSSR count). The molecule has 0 aromatic carbocycles. The first kappa shape index (κ1) is 78.0. The molecule has 470 valence electrons. The molecular formula is C70H133N2O7P. The third-order valence-electron chi connectivity index (χ3n) is 15.5. The Bertz CT molecular complexity index is 1510. The number of phosphoric acid groups is 1. The third-order valence-corrected chi connectivity index (χ3v) is 16.5. The highest BCUT2D eigenvalue weighted by atomic mass is 31.2. The van der Waals surface area contributed by atoms with E-state index in [0.29, 0.717) is 17.4 Å². The number of carbonyl (C=O) groups excluding carboxylic acids is 2. The van der Waals surface area contributed by atoms with Gasteiger partial charge in [0.05, 0.1) is 33.8 Å². The Morgan fingerprint density at radius 1 is 0.438 bits per heavy atom. The van der Waals surface area contributed by atoms with Crippen molar-refractivity contribution < 1.29 is 37.3 Å². The van der Waals surface area contributed by atoms with Gasteiger partial charge in [0, 0.05) is 12.8 Å². The van der Waals surface area contributed by atoms with Crippen molar-refractivity contribution in [1.82, 2.24) is 5.32 Å². The first-order valence-corrected chi connectivity index (χ1v) is 35.9. The summed E-state index contributed by atoms with van der Waals surface area (Å²) in [5, 5.41) is 3.04. The molecular weight excluding hydrogens is 1010 g/mol. The quantitative estimate of drug-likeness (QED) is 0.0212. The second-order valence-corrected chi connectivity index (χ2v) is 26.1. The van der Waals surface area contributed by atoms with Crippen LogP contribution in [-0.2, 0) is 27.9 Å². The summed E-state index contributed by atoms with van der Waals surface area (Å²) in [7, 11) is 1.19. The van der Waals surface area contributed by atoms with Gasteiger partial charge in [0.15, 0.2) is 0 Å². The number of phosphoric ester groups is 1. The summed E-state index contributed by atoms with van der Waals surface area (Å²) < 4.78 is 30.4. The van der Waals surface area contributed by atoms with Gasteiger partial charge >= 0.3 is 5.97 Å². The predicted molar refractivity (Wildman–Crippen MR) is 344 cm³/mol. The van der Waals surface area contributed by atoms with Crippen LogP contribution in [0.25, 0.3) is 0 Å². The molecule has 0 aromatic rings. The van der Waals surface area contributed by atoms with E-state index in [1.807, 2.05) is 33.3 Å². The van der Waals surface area contributed by atoms with Crippen molar-refractivity contribution in [1.29, 1.82) is 0 Å². The molecule has 0 radical (unpaired) electrons. The molecule has 1 N–H and O–H groups in total. The Morgan fingerprint density at radius 3 is 1.16 bits per heavy atom. The van der Waals surface area contributed by atoms with Gasteiger partial charge in [-0.2, -0.15) is 0 Å². The molecule has 0 bridgehead atoms. The van der Waals surface area contributed by atoms with Crippen molar-refractivity contribution in [3.05, 3.63) is 48.6 Å². The number of nitrogens with zero attached hydrogens (tertiary/aromatic N) is 1. The van der Waals surface area contributed by atoms with E-state index in [0.717, 1.165) is 83.5 Å². The molecule has 0 saturated carbocycles. The number of hydrogen-bond donors (Lipinski definition) is 1. The number of unbranched alkanes of at least 4 members (excludes halogenated alkanes) is 41. The first-order valence-electron chi connectivity index (χ1n) is 34.4. The van der Waals surface area contributed by atoms with Crippen molar-refractivity contribution in [3.63, 3.8) is 0 Å². The number of hydrogen-bond acceptors (Lipinski definition) is 7. The van der Waals surface area contributed by atoms with Gasteiger partial charge in [-0.05, 0) is 70.3 Å². The van der Waals surface area contributed by atoms with Crippen LogP contribution in [-0.4, -0.2) is 69.4 Å². The zero-order valence-electron chi connectivity index (χ0n) is 53.8. The molecule has 0 aromatic heterocycles. The Hall–Kier alpha value is -2.03. The number of quaternary nitrogens is 1. The minimum Gasteiger partial charge on any atom is -0.756 e. The van der Waals surface area contributed by atoms with Gasteiger partial charge in [0.25, 0.3) is 7.82 Å². The Morgan fingerprint density at radius 2 is 0.762 bits per heavy atom. The second-order valence-electron chi connectivity index (χ2n) is 24.7. The van der Waals surface area contributed by atoms with Crippen LogP contribution in [0.2, 0.25) is 0 Å². The molecule has 0 heterocycles. The molecule has 0 saturated heterocycles. The van der Waals surface area contributed by atoms with E-state index >= 15 is 0 Å². The highest BCUT2D eigenvalue weighted by molar-refractivity contribution is 7.45. The van der Waals surface area contributed by atoms with Crippen molar-refractivity contribution >= 4 is 19.7 Å². The van der Waals surface area contributed by atoms with Crippen molar-refractivity contribution in [3.8, 4) is 0 Å². The molecule has 0 spiro atoms. The average molecular weight is 1150 g/mol. The summed E-state index contributed by atoms with van der Waals surface area (Å²) in [6.45, 7) is 6.85. The Balaban J connectivity index is 5.11. The largest absolute Gasteiger partial charge is 0.756 e. The van der Waals surface area contributed by atoms with E-state index < -0.39 is 20.0 Å². The molecule has 0 fully saturated rings. The molecule has 80 heavy (non-hydrogen) atoms. The minimum absolute atomic E-state index is 0.0232. The van der Waals surface area contributed by atoms with E-state index in [9.17, 15) is 19.0 Å². The van der Waals surface area contributed by atoms with Crippen LogP contribution in [0, 0.1) is 0 Å². The summed E-state index contributed by atoms with van der Waals surface area (Å²) in [5.41, 5.74) is 0. The van der Waals surface area contributed by atoms with E-state index in [2.05, 4.69) is 62.5 Å². The maximum atomic E-state index is 13.6. The molecule has 10 heteroatoms. The highest BCUT2D eigenvalue weighted by Gasteiger charge is 2.27. The van der Waals surface area contributed by atoms with E-state index in [4.69, 9.17) is 13.8 Å². The number of likely N-dealkylation sites (N-methyl/N-ethyl adjacent to an activating group) is 1. The SMILES string of the molecule is CCCCC/C=C\C/C=C\C/C=C\CCCCCCCCC(=O)OC(/C=C/CCCCCCCCCCCC)C(COP(=O)([O-])OCC[N+](C)(C)C)NC(=O)CCCCCCCCCCCCCCCCCCCCCCCCC. The van der Waals surface area contributed by atoms with Crippen LogP contribution in [0.5, 0.6) is 0 Å². The summed E-state index contributed by atoms with van der Waals surface area (Å²) in [6, 6.07) is -0.892. The maximum Gasteiger partial charge on any atom is 0.306 e. The highest BCUT2D eigenvalue weighted by Crippen LogP contribution is 2.38.